The lowest BCUT2D eigenvalue weighted by Crippen LogP contribution is -2.24. The van der Waals surface area contributed by atoms with Gasteiger partial charge in [-0.2, -0.15) is 0 Å². The Morgan fingerprint density at radius 2 is 1.42 bits per heavy atom. The summed E-state index contributed by atoms with van der Waals surface area (Å²) in [5.74, 6) is 0.518. The van der Waals surface area contributed by atoms with Gasteiger partial charge in [-0.1, -0.05) is 82.7 Å². The van der Waals surface area contributed by atoms with Crippen molar-refractivity contribution in [2.24, 2.45) is 0 Å². The maximum absolute atomic E-state index is 12.0. The minimum Gasteiger partial charge on any atom is -0.485 e. The van der Waals surface area contributed by atoms with Crippen LogP contribution in [-0.2, 0) is 22.7 Å². The molecule has 0 saturated heterocycles. The molecule has 1 N–H and O–H groups in total. The Hall–Kier alpha value is -2.83. The number of rotatable bonds is 10. The molecule has 3 aromatic rings. The van der Waals surface area contributed by atoms with Crippen molar-refractivity contribution in [1.82, 2.24) is 0 Å². The summed E-state index contributed by atoms with van der Waals surface area (Å²) in [6, 6.07) is 24.8. The van der Waals surface area contributed by atoms with Gasteiger partial charge in [0.05, 0.1) is 6.61 Å². The smallest absolute Gasteiger partial charge is 0.322 e. The fourth-order valence-corrected chi connectivity index (χ4v) is 3.37. The lowest BCUT2D eigenvalue weighted by molar-refractivity contribution is -0.144. The predicted molar refractivity (Wildman–Crippen MR) is 122 cm³/mol. The Balaban J connectivity index is 1.80. The van der Waals surface area contributed by atoms with Crippen LogP contribution in [0.2, 0.25) is 0 Å². The zero-order valence-electron chi connectivity index (χ0n) is 17.2. The first-order valence-electron chi connectivity index (χ1n) is 10.0. The minimum atomic E-state index is -1.10. The second-order valence-electron chi connectivity index (χ2n) is 6.85. The second-order valence-corrected chi connectivity index (χ2v) is 7.84. The van der Waals surface area contributed by atoms with E-state index in [4.69, 9.17) is 14.2 Å². The summed E-state index contributed by atoms with van der Waals surface area (Å²) in [5, 5.41) is 10.7. The molecule has 0 unspecified atom stereocenters. The Morgan fingerprint density at radius 3 is 1.97 bits per heavy atom. The number of hydrogen-bond donors (Lipinski definition) is 1. The van der Waals surface area contributed by atoms with Crippen LogP contribution in [0.15, 0.2) is 78.9 Å². The Kier molecular flexibility index (Phi) is 8.50. The van der Waals surface area contributed by atoms with E-state index in [0.717, 1.165) is 11.1 Å². The molecule has 0 aliphatic rings. The lowest BCUT2D eigenvalue weighted by atomic mass is 10.1. The molecule has 0 saturated carbocycles. The van der Waals surface area contributed by atoms with Gasteiger partial charge in [0.2, 0.25) is 0 Å². The quantitative estimate of drug-likeness (QED) is 0.316. The average molecular weight is 485 g/mol. The van der Waals surface area contributed by atoms with Crippen LogP contribution in [0, 0.1) is 0 Å². The summed E-state index contributed by atoms with van der Waals surface area (Å²) in [5.41, 5.74) is 2.56. The highest BCUT2D eigenvalue weighted by molar-refractivity contribution is 9.10. The van der Waals surface area contributed by atoms with E-state index in [2.05, 4.69) is 15.9 Å². The molecule has 0 aliphatic carbocycles. The lowest BCUT2D eigenvalue weighted by Gasteiger charge is -2.19. The molecule has 162 valence electrons. The third-order valence-electron chi connectivity index (χ3n) is 4.57. The molecule has 0 fully saturated rings. The van der Waals surface area contributed by atoms with Gasteiger partial charge >= 0.3 is 5.97 Å². The van der Waals surface area contributed by atoms with E-state index in [1.807, 2.05) is 60.7 Å². The van der Waals surface area contributed by atoms with E-state index in [1.165, 1.54) is 0 Å². The fourth-order valence-electron chi connectivity index (χ4n) is 2.93. The van der Waals surface area contributed by atoms with Gasteiger partial charge in [0.25, 0.3) is 0 Å². The number of carbonyl (C=O) groups excluding carboxylic acids is 1. The van der Waals surface area contributed by atoms with Crippen LogP contribution in [0.5, 0.6) is 11.5 Å². The van der Waals surface area contributed by atoms with Crippen LogP contribution in [0.25, 0.3) is 0 Å². The number of halogens is 1. The topological polar surface area (TPSA) is 65.0 Å². The zero-order chi connectivity index (χ0) is 22.1. The monoisotopic (exact) mass is 484 g/mol. The predicted octanol–water partition coefficient (Wildman–Crippen LogP) is 5.20. The molecule has 5 nitrogen and oxygen atoms in total. The van der Waals surface area contributed by atoms with Gasteiger partial charge in [-0.3, -0.25) is 4.79 Å². The van der Waals surface area contributed by atoms with Gasteiger partial charge in [0.15, 0.2) is 11.5 Å². The highest BCUT2D eigenvalue weighted by Crippen LogP contribution is 2.34. The molecule has 0 radical (unpaired) electrons. The number of aliphatic hydroxyl groups is 1. The molecular weight excluding hydrogens is 460 g/mol. The maximum Gasteiger partial charge on any atom is 0.322 e. The molecular formula is C25H25BrO5. The number of aliphatic hydroxyl groups excluding tert-OH is 1. The highest BCUT2D eigenvalue weighted by atomic mass is 79.9. The number of alkyl halides is 1. The van der Waals surface area contributed by atoms with Crippen molar-refractivity contribution >= 4 is 21.9 Å². The Morgan fingerprint density at radius 1 is 0.871 bits per heavy atom. The molecule has 0 bridgehead atoms. The van der Waals surface area contributed by atoms with Crippen LogP contribution in [-0.4, -0.2) is 22.5 Å². The summed E-state index contributed by atoms with van der Waals surface area (Å²) in [4.78, 5) is 11.1. The number of carbonyl (C=O) groups is 1. The molecule has 0 amide bonds. The molecule has 31 heavy (non-hydrogen) atoms. The van der Waals surface area contributed by atoms with Crippen LogP contribution >= 0.6 is 15.9 Å². The molecule has 0 aromatic heterocycles. The van der Waals surface area contributed by atoms with Crippen LogP contribution in [0.3, 0.4) is 0 Å². The van der Waals surface area contributed by atoms with Gasteiger partial charge in [0, 0.05) is 0 Å². The summed E-state index contributed by atoms with van der Waals surface area (Å²) < 4.78 is 17.0. The van der Waals surface area contributed by atoms with Crippen molar-refractivity contribution in [3.63, 3.8) is 0 Å². The van der Waals surface area contributed by atoms with E-state index in [9.17, 15) is 9.90 Å². The van der Waals surface area contributed by atoms with E-state index >= 15 is 0 Å². The Labute approximate surface area is 190 Å². The first-order chi connectivity index (χ1) is 15.1. The summed E-state index contributed by atoms with van der Waals surface area (Å²) in [6.07, 6.45) is -1.10. The van der Waals surface area contributed by atoms with E-state index in [1.54, 1.807) is 25.1 Å². The van der Waals surface area contributed by atoms with Crippen molar-refractivity contribution in [3.8, 4) is 11.5 Å². The number of esters is 1. The average Bonchev–Trinajstić information content (AvgIpc) is 2.82. The number of hydrogen-bond acceptors (Lipinski definition) is 5. The fraction of sp³-hybridized carbons (Fsp3) is 0.240. The van der Waals surface area contributed by atoms with E-state index in [-0.39, 0.29) is 6.61 Å². The summed E-state index contributed by atoms with van der Waals surface area (Å²) in [6.45, 7) is 2.69. The standard InChI is InChI=1S/C25H25BrO5/c1-2-29-25(28)23(26)24(27)20-13-14-21(30-16-18-9-5-3-6-10-18)22(15-20)31-17-19-11-7-4-8-12-19/h3-15,23-24,27H,2,16-17H2,1H3/t23-,24-/m1/s1. The summed E-state index contributed by atoms with van der Waals surface area (Å²) in [7, 11) is 0. The van der Waals surface area contributed by atoms with Gasteiger partial charge in [-0.15, -0.1) is 0 Å². The SMILES string of the molecule is CCOC(=O)[C@H](Br)[C@H](O)c1ccc(OCc2ccccc2)c(OCc2ccccc2)c1. The molecule has 6 heteroatoms. The number of benzene rings is 3. The second kappa shape index (κ2) is 11.5. The molecule has 3 rings (SSSR count). The van der Waals surface area contributed by atoms with E-state index in [0.29, 0.717) is 30.3 Å². The van der Waals surface area contributed by atoms with Crippen molar-refractivity contribution in [3.05, 3.63) is 95.6 Å². The third-order valence-corrected chi connectivity index (χ3v) is 5.45. The number of ether oxygens (including phenoxy) is 3. The van der Waals surface area contributed by atoms with Gasteiger partial charge < -0.3 is 19.3 Å². The zero-order valence-corrected chi connectivity index (χ0v) is 18.8. The van der Waals surface area contributed by atoms with Gasteiger partial charge in [-0.05, 0) is 35.7 Å². The normalized spacial score (nSPS) is 12.6. The Bertz CT molecular complexity index is 962. The first kappa shape index (κ1) is 22.8. The van der Waals surface area contributed by atoms with Crippen LogP contribution in [0.4, 0.5) is 0 Å². The van der Waals surface area contributed by atoms with Crippen molar-refractivity contribution < 1.29 is 24.1 Å². The summed E-state index contributed by atoms with van der Waals surface area (Å²) >= 11 is 3.23. The third kappa shape index (κ3) is 6.57. The molecule has 3 aromatic carbocycles. The van der Waals surface area contributed by atoms with Crippen LogP contribution < -0.4 is 9.47 Å². The molecule has 0 aliphatic heterocycles. The highest BCUT2D eigenvalue weighted by Gasteiger charge is 2.27. The van der Waals surface area contributed by atoms with Crippen molar-refractivity contribution in [2.75, 3.05) is 6.61 Å². The van der Waals surface area contributed by atoms with Crippen molar-refractivity contribution in [1.29, 1.82) is 0 Å². The van der Waals surface area contributed by atoms with Crippen molar-refractivity contribution in [2.45, 2.75) is 31.1 Å². The molecule has 2 atom stereocenters. The van der Waals surface area contributed by atoms with Gasteiger partial charge in [-0.25, -0.2) is 0 Å². The molecule has 0 spiro atoms. The molecule has 0 heterocycles. The largest absolute Gasteiger partial charge is 0.485 e. The first-order valence-corrected chi connectivity index (χ1v) is 11.0. The van der Waals surface area contributed by atoms with Gasteiger partial charge in [0.1, 0.15) is 24.1 Å². The minimum absolute atomic E-state index is 0.241. The maximum atomic E-state index is 12.0. The van der Waals surface area contributed by atoms with Crippen LogP contribution in [0.1, 0.15) is 29.7 Å². The van der Waals surface area contributed by atoms with E-state index < -0.39 is 16.9 Å².